The van der Waals surface area contributed by atoms with Crippen LogP contribution in [0.25, 0.3) is 11.1 Å². The van der Waals surface area contributed by atoms with E-state index in [1.165, 1.54) is 7.11 Å². The molecule has 0 fully saturated rings. The van der Waals surface area contributed by atoms with Crippen LogP contribution in [0, 0.1) is 11.7 Å². The fourth-order valence-corrected chi connectivity index (χ4v) is 4.35. The standard InChI is InChI=1S/C30H35FN2O5/c1-18(2)33(19(3)4)17-23-14-24(10-11-25(23)26-15-28(37-6)32-16-27(26)31)38-30(36)22-9-7-8-21(13-22)12-20(5)29(34)35/h7-11,13-16,18-20H,12,17H2,1-6H3,(H,34,35). The fraction of sp³-hybridized carbons (Fsp3) is 0.367. The smallest absolute Gasteiger partial charge is 0.343 e. The van der Waals surface area contributed by atoms with Gasteiger partial charge in [0.25, 0.3) is 0 Å². The van der Waals surface area contributed by atoms with Gasteiger partial charge in [-0.1, -0.05) is 25.1 Å². The number of hydrogen-bond donors (Lipinski definition) is 1. The van der Waals surface area contributed by atoms with Crippen molar-refractivity contribution in [2.24, 2.45) is 5.92 Å². The number of halogens is 1. The van der Waals surface area contributed by atoms with Gasteiger partial charge in [0.15, 0.2) is 0 Å². The molecule has 1 atom stereocenters. The highest BCUT2D eigenvalue weighted by Crippen LogP contribution is 2.33. The Hall–Kier alpha value is -3.78. The molecule has 7 nitrogen and oxygen atoms in total. The largest absolute Gasteiger partial charge is 0.481 e. The second-order valence-electron chi connectivity index (χ2n) is 9.92. The van der Waals surface area contributed by atoms with Crippen molar-refractivity contribution in [2.75, 3.05) is 7.11 Å². The van der Waals surface area contributed by atoms with E-state index in [4.69, 9.17) is 9.47 Å². The number of aromatic nitrogens is 1. The first-order valence-corrected chi connectivity index (χ1v) is 12.6. The molecule has 0 radical (unpaired) electrons. The lowest BCUT2D eigenvalue weighted by Gasteiger charge is -2.31. The molecule has 3 rings (SSSR count). The van der Waals surface area contributed by atoms with Crippen LogP contribution in [0.4, 0.5) is 4.39 Å². The van der Waals surface area contributed by atoms with Gasteiger partial charge in [-0.3, -0.25) is 9.69 Å². The van der Waals surface area contributed by atoms with Gasteiger partial charge < -0.3 is 14.6 Å². The van der Waals surface area contributed by atoms with Gasteiger partial charge in [-0.05, 0) is 75.1 Å². The predicted molar refractivity (Wildman–Crippen MR) is 144 cm³/mol. The van der Waals surface area contributed by atoms with E-state index in [2.05, 4.69) is 37.6 Å². The zero-order valence-corrected chi connectivity index (χ0v) is 22.7. The van der Waals surface area contributed by atoms with Crippen molar-refractivity contribution < 1.29 is 28.6 Å². The second-order valence-corrected chi connectivity index (χ2v) is 9.92. The highest BCUT2D eigenvalue weighted by atomic mass is 19.1. The number of carboxylic acid groups (broad SMARTS) is 1. The Balaban J connectivity index is 1.97. The van der Waals surface area contributed by atoms with Crippen molar-refractivity contribution in [1.82, 2.24) is 9.88 Å². The zero-order chi connectivity index (χ0) is 28.0. The highest BCUT2D eigenvalue weighted by Gasteiger charge is 2.20. The number of methoxy groups -OCH3 is 1. The fourth-order valence-electron chi connectivity index (χ4n) is 4.35. The lowest BCUT2D eigenvalue weighted by atomic mass is 9.98. The first-order chi connectivity index (χ1) is 18.0. The molecular formula is C30H35FN2O5. The van der Waals surface area contributed by atoms with E-state index in [9.17, 15) is 19.1 Å². The third-order valence-electron chi connectivity index (χ3n) is 6.42. The van der Waals surface area contributed by atoms with Crippen molar-refractivity contribution in [3.63, 3.8) is 0 Å². The number of carboxylic acids is 1. The van der Waals surface area contributed by atoms with Gasteiger partial charge in [0.2, 0.25) is 5.88 Å². The number of benzene rings is 2. The minimum atomic E-state index is -0.898. The maximum absolute atomic E-state index is 14.9. The number of carbonyl (C=O) groups excluding carboxylic acids is 1. The Morgan fingerprint density at radius 2 is 1.71 bits per heavy atom. The van der Waals surface area contributed by atoms with Crippen molar-refractivity contribution in [3.05, 3.63) is 77.2 Å². The molecule has 1 heterocycles. The van der Waals surface area contributed by atoms with E-state index in [0.717, 1.165) is 17.3 Å². The number of nitrogens with zero attached hydrogens (tertiary/aromatic N) is 2. The molecular weight excluding hydrogens is 487 g/mol. The van der Waals surface area contributed by atoms with Crippen LogP contribution in [-0.4, -0.2) is 46.1 Å². The molecule has 1 unspecified atom stereocenters. The third kappa shape index (κ3) is 7.16. The number of rotatable bonds is 11. The van der Waals surface area contributed by atoms with Crippen LogP contribution in [0.5, 0.6) is 11.6 Å². The Morgan fingerprint density at radius 1 is 1.00 bits per heavy atom. The van der Waals surface area contributed by atoms with E-state index in [1.807, 2.05) is 0 Å². The van der Waals surface area contributed by atoms with Crippen molar-refractivity contribution in [2.45, 2.75) is 59.7 Å². The summed E-state index contributed by atoms with van der Waals surface area (Å²) in [4.78, 5) is 30.4. The molecule has 3 aromatic rings. The van der Waals surface area contributed by atoms with Crippen LogP contribution < -0.4 is 9.47 Å². The number of hydrogen-bond acceptors (Lipinski definition) is 6. The Kier molecular flexibility index (Phi) is 9.58. The van der Waals surface area contributed by atoms with Crippen molar-refractivity contribution in [3.8, 4) is 22.8 Å². The average molecular weight is 523 g/mol. The molecule has 1 N–H and O–H groups in total. The Morgan fingerprint density at radius 3 is 2.34 bits per heavy atom. The first kappa shape index (κ1) is 28.8. The number of ether oxygens (including phenoxy) is 2. The molecule has 0 aliphatic heterocycles. The summed E-state index contributed by atoms with van der Waals surface area (Å²) in [6.45, 7) is 10.5. The molecule has 0 spiro atoms. The summed E-state index contributed by atoms with van der Waals surface area (Å²) < 4.78 is 25.8. The van der Waals surface area contributed by atoms with Crippen molar-refractivity contribution in [1.29, 1.82) is 0 Å². The van der Waals surface area contributed by atoms with Gasteiger partial charge in [-0.25, -0.2) is 14.2 Å². The maximum atomic E-state index is 14.9. The summed E-state index contributed by atoms with van der Waals surface area (Å²) in [6.07, 6.45) is 1.43. The SMILES string of the molecule is COc1cc(-c2ccc(OC(=O)c3cccc(CC(C)C(=O)O)c3)cc2CN(C(C)C)C(C)C)c(F)cn1. The summed E-state index contributed by atoms with van der Waals surface area (Å²) in [5.74, 6) is -1.89. The molecule has 0 saturated carbocycles. The van der Waals surface area contributed by atoms with E-state index in [1.54, 1.807) is 55.5 Å². The van der Waals surface area contributed by atoms with E-state index < -0.39 is 23.7 Å². The molecule has 1 aromatic heterocycles. The van der Waals surface area contributed by atoms with Crippen molar-refractivity contribution >= 4 is 11.9 Å². The summed E-state index contributed by atoms with van der Waals surface area (Å²) in [5, 5.41) is 9.20. The molecule has 38 heavy (non-hydrogen) atoms. The normalized spacial score (nSPS) is 12.2. The van der Waals surface area contributed by atoms with Crippen LogP contribution in [0.2, 0.25) is 0 Å². The summed E-state index contributed by atoms with van der Waals surface area (Å²) in [6, 6.07) is 13.9. The zero-order valence-electron chi connectivity index (χ0n) is 22.7. The summed E-state index contributed by atoms with van der Waals surface area (Å²) in [7, 11) is 1.48. The third-order valence-corrected chi connectivity index (χ3v) is 6.42. The van der Waals surface area contributed by atoms with E-state index in [0.29, 0.717) is 41.3 Å². The van der Waals surface area contributed by atoms with E-state index in [-0.39, 0.29) is 12.1 Å². The molecule has 0 aliphatic carbocycles. The molecule has 2 aromatic carbocycles. The Labute approximate surface area is 223 Å². The first-order valence-electron chi connectivity index (χ1n) is 12.6. The second kappa shape index (κ2) is 12.6. The minimum absolute atomic E-state index is 0.224. The minimum Gasteiger partial charge on any atom is -0.481 e. The van der Waals surface area contributed by atoms with Gasteiger partial charge in [-0.15, -0.1) is 0 Å². The number of pyridine rings is 1. The predicted octanol–water partition coefficient (Wildman–Crippen LogP) is 6.00. The summed E-state index contributed by atoms with van der Waals surface area (Å²) in [5.41, 5.74) is 2.84. The van der Waals surface area contributed by atoms with Crippen LogP contribution in [0.1, 0.15) is 56.1 Å². The highest BCUT2D eigenvalue weighted by molar-refractivity contribution is 5.91. The monoisotopic (exact) mass is 522 g/mol. The number of esters is 1. The van der Waals surface area contributed by atoms with Gasteiger partial charge in [0.1, 0.15) is 11.6 Å². The van der Waals surface area contributed by atoms with Crippen LogP contribution in [0.15, 0.2) is 54.7 Å². The molecule has 0 aliphatic rings. The maximum Gasteiger partial charge on any atom is 0.343 e. The van der Waals surface area contributed by atoms with Gasteiger partial charge in [0, 0.05) is 30.3 Å². The van der Waals surface area contributed by atoms with Crippen LogP contribution in [-0.2, 0) is 17.8 Å². The molecule has 202 valence electrons. The number of carbonyl (C=O) groups is 2. The molecule has 0 amide bonds. The lowest BCUT2D eigenvalue weighted by molar-refractivity contribution is -0.141. The lowest BCUT2D eigenvalue weighted by Crippen LogP contribution is -2.36. The molecule has 0 bridgehead atoms. The van der Waals surface area contributed by atoms with Crippen LogP contribution >= 0.6 is 0 Å². The van der Waals surface area contributed by atoms with Crippen LogP contribution in [0.3, 0.4) is 0 Å². The Bertz CT molecular complexity index is 1280. The molecule has 8 heteroatoms. The van der Waals surface area contributed by atoms with E-state index >= 15 is 0 Å². The van der Waals surface area contributed by atoms with Gasteiger partial charge >= 0.3 is 11.9 Å². The number of aliphatic carboxylic acids is 1. The van der Waals surface area contributed by atoms with Gasteiger partial charge in [-0.2, -0.15) is 0 Å². The average Bonchev–Trinajstić information content (AvgIpc) is 2.87. The molecule has 0 saturated heterocycles. The summed E-state index contributed by atoms with van der Waals surface area (Å²) >= 11 is 0. The topological polar surface area (TPSA) is 89.0 Å². The van der Waals surface area contributed by atoms with Gasteiger partial charge in [0.05, 0.1) is 24.8 Å². The quantitative estimate of drug-likeness (QED) is 0.244.